The molecule has 2 bridgehead atoms. The molecule has 1 saturated carbocycles. The van der Waals surface area contributed by atoms with Gasteiger partial charge in [-0.3, -0.25) is 14.6 Å². The molecule has 4 aliphatic rings. The second-order valence-corrected chi connectivity index (χ2v) is 10.3. The number of carbonyl (C=O) groups is 2. The zero-order chi connectivity index (χ0) is 19.1. The van der Waals surface area contributed by atoms with E-state index >= 15 is 0 Å². The highest BCUT2D eigenvalue weighted by Crippen LogP contribution is 2.44. The molecular formula is C22H31N3O2S. The topological polar surface area (TPSA) is 53.5 Å². The van der Waals surface area contributed by atoms with Crippen molar-refractivity contribution in [3.05, 3.63) is 16.6 Å². The normalized spacial score (nSPS) is 33.6. The number of rotatable bonds is 3. The summed E-state index contributed by atoms with van der Waals surface area (Å²) >= 11 is 1.44. The number of hydrogen-bond donors (Lipinski definition) is 0. The van der Waals surface area contributed by atoms with Crippen LogP contribution in [0.5, 0.6) is 0 Å². The van der Waals surface area contributed by atoms with Gasteiger partial charge in [0.05, 0.1) is 11.7 Å². The van der Waals surface area contributed by atoms with Crippen molar-refractivity contribution in [3.8, 4) is 0 Å². The van der Waals surface area contributed by atoms with Crippen LogP contribution in [0.3, 0.4) is 0 Å². The summed E-state index contributed by atoms with van der Waals surface area (Å²) in [5.74, 6) is 2.18. The Morgan fingerprint density at radius 1 is 1.11 bits per heavy atom. The Kier molecular flexibility index (Phi) is 5.16. The van der Waals surface area contributed by atoms with Crippen molar-refractivity contribution in [2.24, 2.45) is 17.8 Å². The van der Waals surface area contributed by atoms with E-state index in [1.54, 1.807) is 11.7 Å². The van der Waals surface area contributed by atoms with E-state index in [2.05, 4.69) is 14.8 Å². The van der Waals surface area contributed by atoms with Crippen LogP contribution in [0, 0.1) is 17.8 Å². The van der Waals surface area contributed by atoms with E-state index in [-0.39, 0.29) is 5.91 Å². The van der Waals surface area contributed by atoms with Crippen LogP contribution in [0.1, 0.15) is 73.9 Å². The lowest BCUT2D eigenvalue weighted by atomic mass is 9.69. The number of carbonyl (C=O) groups excluding carboxylic acids is 2. The van der Waals surface area contributed by atoms with Gasteiger partial charge in [-0.15, -0.1) is 11.3 Å². The number of fused-ring (bicyclic) bond motifs is 4. The molecule has 4 fully saturated rings. The first-order valence-electron chi connectivity index (χ1n) is 11.2. The number of nitrogens with zero attached hydrogens (tertiary/aromatic N) is 3. The summed E-state index contributed by atoms with van der Waals surface area (Å²) in [5.41, 5.74) is 1.74. The molecule has 0 N–H and O–H groups in total. The van der Waals surface area contributed by atoms with Gasteiger partial charge in [0.25, 0.3) is 5.91 Å². The van der Waals surface area contributed by atoms with E-state index in [9.17, 15) is 9.59 Å². The van der Waals surface area contributed by atoms with Crippen LogP contribution in [0.25, 0.3) is 0 Å². The largest absolute Gasteiger partial charge is 0.337 e. The fourth-order valence-electron chi connectivity index (χ4n) is 6.49. The summed E-state index contributed by atoms with van der Waals surface area (Å²) < 4.78 is 0. The van der Waals surface area contributed by atoms with Crippen molar-refractivity contribution in [2.75, 3.05) is 13.1 Å². The molecule has 0 spiro atoms. The predicted octanol–water partition coefficient (Wildman–Crippen LogP) is 3.96. The minimum atomic E-state index is 0.143. The van der Waals surface area contributed by atoms with Gasteiger partial charge >= 0.3 is 0 Å². The Hall–Kier alpha value is -1.43. The molecule has 3 saturated heterocycles. The van der Waals surface area contributed by atoms with Gasteiger partial charge in [-0.2, -0.15) is 0 Å². The minimum Gasteiger partial charge on any atom is -0.337 e. The molecule has 2 amide bonds. The fourth-order valence-corrected chi connectivity index (χ4v) is 7.07. The summed E-state index contributed by atoms with van der Waals surface area (Å²) in [6.45, 7) is 1.61. The molecule has 1 aromatic rings. The SMILES string of the molecule is O=C(c1cncs1)N1C[C@H]2C[C@@H](C1)[C@H](CC1CCCCC1)N1C(=O)CCC[C@@H]21. The summed E-state index contributed by atoms with van der Waals surface area (Å²) in [6.07, 6.45) is 13.6. The summed E-state index contributed by atoms with van der Waals surface area (Å²) in [6, 6.07) is 0.692. The van der Waals surface area contributed by atoms with Gasteiger partial charge in [0.1, 0.15) is 4.88 Å². The average molecular weight is 402 g/mol. The van der Waals surface area contributed by atoms with Crippen LogP contribution >= 0.6 is 11.3 Å². The maximum absolute atomic E-state index is 13.0. The van der Waals surface area contributed by atoms with Gasteiger partial charge < -0.3 is 9.80 Å². The first kappa shape index (κ1) is 18.6. The van der Waals surface area contributed by atoms with E-state index in [4.69, 9.17) is 0 Å². The van der Waals surface area contributed by atoms with Gasteiger partial charge in [0, 0.05) is 31.6 Å². The van der Waals surface area contributed by atoms with Crippen molar-refractivity contribution >= 4 is 23.2 Å². The van der Waals surface area contributed by atoms with E-state index < -0.39 is 0 Å². The van der Waals surface area contributed by atoms with Crippen molar-refractivity contribution in [1.29, 1.82) is 0 Å². The number of amides is 2. The molecule has 152 valence electrons. The van der Waals surface area contributed by atoms with Crippen LogP contribution < -0.4 is 0 Å². The standard InChI is InChI=1S/C22H31N3O2S/c26-21-8-4-7-18-16-10-17(13-24(12-16)22(27)20-11-23-14-28-20)19(25(18)21)9-15-5-2-1-3-6-15/h11,14-19H,1-10,12-13H2/t16-,17+,18+,19+/m1/s1. The molecule has 5 nitrogen and oxygen atoms in total. The molecule has 5 rings (SSSR count). The smallest absolute Gasteiger partial charge is 0.265 e. The zero-order valence-corrected chi connectivity index (χ0v) is 17.4. The van der Waals surface area contributed by atoms with Crippen molar-refractivity contribution < 1.29 is 9.59 Å². The molecular weight excluding hydrogens is 370 g/mol. The number of piperidine rings is 3. The fraction of sp³-hybridized carbons (Fsp3) is 0.773. The molecule has 4 heterocycles. The van der Waals surface area contributed by atoms with E-state index in [1.165, 1.54) is 49.9 Å². The van der Waals surface area contributed by atoms with Crippen LogP contribution in [0.15, 0.2) is 11.7 Å². The lowest BCUT2D eigenvalue weighted by Gasteiger charge is -2.57. The average Bonchev–Trinajstić information content (AvgIpc) is 3.26. The maximum Gasteiger partial charge on any atom is 0.265 e. The molecule has 28 heavy (non-hydrogen) atoms. The highest BCUT2D eigenvalue weighted by Gasteiger charge is 2.50. The minimum absolute atomic E-state index is 0.143. The second-order valence-electron chi connectivity index (χ2n) is 9.40. The van der Waals surface area contributed by atoms with Gasteiger partial charge in [-0.1, -0.05) is 32.1 Å². The quantitative estimate of drug-likeness (QED) is 0.770. The molecule has 0 aromatic carbocycles. The van der Waals surface area contributed by atoms with E-state index in [1.807, 2.05) is 0 Å². The molecule has 1 aromatic heterocycles. The number of aromatic nitrogens is 1. The zero-order valence-electron chi connectivity index (χ0n) is 16.6. The molecule has 4 atom stereocenters. The Labute approximate surface area is 171 Å². The lowest BCUT2D eigenvalue weighted by Crippen LogP contribution is -2.65. The second kappa shape index (κ2) is 7.77. The van der Waals surface area contributed by atoms with Gasteiger partial charge in [0.2, 0.25) is 5.91 Å². The highest BCUT2D eigenvalue weighted by atomic mass is 32.1. The van der Waals surface area contributed by atoms with Crippen molar-refractivity contribution in [3.63, 3.8) is 0 Å². The van der Waals surface area contributed by atoms with Crippen LogP contribution in [0.2, 0.25) is 0 Å². The molecule has 3 aliphatic heterocycles. The summed E-state index contributed by atoms with van der Waals surface area (Å²) in [7, 11) is 0. The Morgan fingerprint density at radius 2 is 1.93 bits per heavy atom. The monoisotopic (exact) mass is 401 g/mol. The summed E-state index contributed by atoms with van der Waals surface area (Å²) in [4.78, 5) is 35.2. The van der Waals surface area contributed by atoms with Crippen LogP contribution in [0.4, 0.5) is 0 Å². The van der Waals surface area contributed by atoms with Gasteiger partial charge in [-0.25, -0.2) is 0 Å². The van der Waals surface area contributed by atoms with Gasteiger partial charge in [-0.05, 0) is 43.4 Å². The third kappa shape index (κ3) is 3.38. The third-order valence-corrected chi connectivity index (χ3v) is 8.49. The van der Waals surface area contributed by atoms with Crippen LogP contribution in [-0.2, 0) is 4.79 Å². The molecule has 0 unspecified atom stereocenters. The molecule has 0 radical (unpaired) electrons. The molecule has 1 aliphatic carbocycles. The van der Waals surface area contributed by atoms with Crippen molar-refractivity contribution in [1.82, 2.24) is 14.8 Å². The third-order valence-electron chi connectivity index (χ3n) is 7.73. The Bertz CT molecular complexity index is 715. The number of hydrogen-bond acceptors (Lipinski definition) is 4. The molecule has 6 heteroatoms. The first-order valence-corrected chi connectivity index (χ1v) is 12.1. The maximum atomic E-state index is 13.0. The lowest BCUT2D eigenvalue weighted by molar-refractivity contribution is -0.153. The number of likely N-dealkylation sites (tertiary alicyclic amines) is 1. The van der Waals surface area contributed by atoms with E-state index in [0.29, 0.717) is 29.8 Å². The Balaban J connectivity index is 1.40. The number of thiazole rings is 1. The Morgan fingerprint density at radius 3 is 2.71 bits per heavy atom. The first-order chi connectivity index (χ1) is 13.7. The van der Waals surface area contributed by atoms with Crippen molar-refractivity contribution in [2.45, 2.75) is 76.3 Å². The summed E-state index contributed by atoms with van der Waals surface area (Å²) in [5, 5.41) is 0. The van der Waals surface area contributed by atoms with Gasteiger partial charge in [0.15, 0.2) is 0 Å². The highest BCUT2D eigenvalue weighted by molar-refractivity contribution is 7.11. The van der Waals surface area contributed by atoms with E-state index in [0.717, 1.165) is 49.6 Å². The van der Waals surface area contributed by atoms with Crippen LogP contribution in [-0.4, -0.2) is 51.8 Å². The predicted molar refractivity (Wildman–Crippen MR) is 109 cm³/mol.